The number of carbonyl (C=O) groups is 2. The first-order valence-corrected chi connectivity index (χ1v) is 12.4. The number of thiophene rings is 1. The van der Waals surface area contributed by atoms with Crippen LogP contribution in [-0.2, 0) is 32.3 Å². The lowest BCUT2D eigenvalue weighted by Crippen LogP contribution is -2.42. The number of rotatable bonds is 7. The van der Waals surface area contributed by atoms with E-state index >= 15 is 0 Å². The molecule has 2 N–H and O–H groups in total. The highest BCUT2D eigenvalue weighted by molar-refractivity contribution is 7.91. The Kier molecular flexibility index (Phi) is 6.93. The lowest BCUT2D eigenvalue weighted by atomic mass is 9.96. The molecule has 0 bridgehead atoms. The van der Waals surface area contributed by atoms with Crippen molar-refractivity contribution in [3.63, 3.8) is 0 Å². The molecule has 2 heterocycles. The summed E-state index contributed by atoms with van der Waals surface area (Å²) < 4.78 is 22.9. The Morgan fingerprint density at radius 2 is 2.03 bits per heavy atom. The summed E-state index contributed by atoms with van der Waals surface area (Å²) in [4.78, 5) is 27.3. The maximum Gasteiger partial charge on any atom is 0.234 e. The molecule has 0 spiro atoms. The minimum Gasteiger partial charge on any atom is -0.351 e. The predicted octanol–water partition coefficient (Wildman–Crippen LogP) is 1.06. The fourth-order valence-corrected chi connectivity index (χ4v) is 6.69. The largest absolute Gasteiger partial charge is 0.351 e. The Balaban J connectivity index is 1.44. The second-order valence-electron chi connectivity index (χ2n) is 7.73. The molecular formula is C19H26N4O4S2. The summed E-state index contributed by atoms with van der Waals surface area (Å²) in [5.41, 5.74) is 1.68. The number of anilines is 1. The van der Waals surface area contributed by atoms with E-state index in [1.165, 1.54) is 16.2 Å². The minimum absolute atomic E-state index is 0.00310. The summed E-state index contributed by atoms with van der Waals surface area (Å²) in [7, 11) is -1.29. The molecule has 1 fully saturated rings. The summed E-state index contributed by atoms with van der Waals surface area (Å²) in [6.45, 7) is 0.482. The van der Waals surface area contributed by atoms with Crippen molar-refractivity contribution in [2.75, 3.05) is 37.0 Å². The first-order chi connectivity index (χ1) is 13.8. The summed E-state index contributed by atoms with van der Waals surface area (Å²) in [6.07, 6.45) is 4.70. The molecule has 1 aliphatic heterocycles. The van der Waals surface area contributed by atoms with Crippen LogP contribution in [0.15, 0.2) is 0 Å². The van der Waals surface area contributed by atoms with Crippen LogP contribution in [0.4, 0.5) is 5.00 Å². The van der Waals surface area contributed by atoms with E-state index in [0.717, 1.165) is 31.2 Å². The predicted molar refractivity (Wildman–Crippen MR) is 112 cm³/mol. The molecule has 1 aromatic heterocycles. The van der Waals surface area contributed by atoms with Gasteiger partial charge in [-0.15, -0.1) is 11.3 Å². The zero-order valence-electron chi connectivity index (χ0n) is 16.5. The molecule has 8 nitrogen and oxygen atoms in total. The van der Waals surface area contributed by atoms with Gasteiger partial charge in [-0.2, -0.15) is 5.26 Å². The van der Waals surface area contributed by atoms with Gasteiger partial charge in [0.25, 0.3) is 0 Å². The highest BCUT2D eigenvalue weighted by atomic mass is 32.2. The number of fused-ring (bicyclic) bond motifs is 1. The fraction of sp³-hybridized carbons (Fsp3) is 0.632. The second kappa shape index (κ2) is 9.24. The molecule has 0 aromatic carbocycles. The SMILES string of the molecule is CN(CCC(=O)Nc1sc2c(c1C#N)CCCC2)CC(=O)NC1CCS(=O)(=O)C1. The number of hydrogen-bond donors (Lipinski definition) is 2. The van der Waals surface area contributed by atoms with Gasteiger partial charge in [0.1, 0.15) is 11.1 Å². The molecule has 1 saturated heterocycles. The smallest absolute Gasteiger partial charge is 0.234 e. The third-order valence-corrected chi connectivity index (χ3v) is 8.24. The molecule has 0 radical (unpaired) electrons. The van der Waals surface area contributed by atoms with Crippen LogP contribution < -0.4 is 10.6 Å². The van der Waals surface area contributed by atoms with Crippen molar-refractivity contribution in [1.82, 2.24) is 10.2 Å². The van der Waals surface area contributed by atoms with Gasteiger partial charge in [0.05, 0.1) is 23.6 Å². The number of nitriles is 1. The average molecular weight is 439 g/mol. The molecule has 158 valence electrons. The molecule has 0 saturated carbocycles. The van der Waals surface area contributed by atoms with E-state index in [9.17, 15) is 23.3 Å². The van der Waals surface area contributed by atoms with Crippen molar-refractivity contribution >= 4 is 38.0 Å². The molecule has 29 heavy (non-hydrogen) atoms. The quantitative estimate of drug-likeness (QED) is 0.657. The van der Waals surface area contributed by atoms with E-state index in [2.05, 4.69) is 16.7 Å². The first kappa shape index (κ1) is 21.7. The Bertz CT molecular complexity index is 933. The maximum absolute atomic E-state index is 12.3. The van der Waals surface area contributed by atoms with Gasteiger partial charge < -0.3 is 10.6 Å². The molecule has 3 rings (SSSR count). The van der Waals surface area contributed by atoms with E-state index in [0.29, 0.717) is 23.5 Å². The number of aryl methyl sites for hydroxylation is 1. The highest BCUT2D eigenvalue weighted by Gasteiger charge is 2.29. The van der Waals surface area contributed by atoms with E-state index in [1.807, 2.05) is 0 Å². The third kappa shape index (κ3) is 5.78. The van der Waals surface area contributed by atoms with Crippen molar-refractivity contribution in [2.45, 2.75) is 44.6 Å². The first-order valence-electron chi connectivity index (χ1n) is 9.80. The van der Waals surface area contributed by atoms with Gasteiger partial charge in [0.2, 0.25) is 11.8 Å². The van der Waals surface area contributed by atoms with Crippen LogP contribution in [0.2, 0.25) is 0 Å². The van der Waals surface area contributed by atoms with Crippen molar-refractivity contribution in [2.24, 2.45) is 0 Å². The maximum atomic E-state index is 12.3. The van der Waals surface area contributed by atoms with Crippen molar-refractivity contribution in [3.05, 3.63) is 16.0 Å². The number of hydrogen-bond acceptors (Lipinski definition) is 7. The molecule has 2 amide bonds. The van der Waals surface area contributed by atoms with Crippen LogP contribution in [0.1, 0.15) is 41.7 Å². The fourth-order valence-electron chi connectivity index (χ4n) is 3.76. The number of sulfone groups is 1. The normalized spacial score (nSPS) is 20.1. The molecule has 1 aliphatic carbocycles. The molecule has 1 aromatic rings. The molecule has 2 aliphatic rings. The lowest BCUT2D eigenvalue weighted by molar-refractivity contribution is -0.123. The number of nitrogens with zero attached hydrogens (tertiary/aromatic N) is 2. The molecule has 1 unspecified atom stereocenters. The van der Waals surface area contributed by atoms with Crippen LogP contribution in [0.5, 0.6) is 0 Å². The molecular weight excluding hydrogens is 412 g/mol. The van der Waals surface area contributed by atoms with Gasteiger partial charge in [-0.3, -0.25) is 14.5 Å². The van der Waals surface area contributed by atoms with E-state index in [-0.39, 0.29) is 42.3 Å². The third-order valence-electron chi connectivity index (χ3n) is 5.27. The van der Waals surface area contributed by atoms with E-state index in [1.54, 1.807) is 11.9 Å². The summed E-state index contributed by atoms with van der Waals surface area (Å²) >= 11 is 1.50. The van der Waals surface area contributed by atoms with Gasteiger partial charge in [-0.1, -0.05) is 0 Å². The number of amides is 2. The number of likely N-dealkylation sites (N-methyl/N-ethyl adjacent to an activating group) is 1. The zero-order chi connectivity index (χ0) is 21.0. The van der Waals surface area contributed by atoms with Crippen LogP contribution in [-0.4, -0.2) is 62.8 Å². The summed E-state index contributed by atoms with van der Waals surface area (Å²) in [5.74, 6) is -0.316. The topological polar surface area (TPSA) is 119 Å². The lowest BCUT2D eigenvalue weighted by Gasteiger charge is -2.17. The van der Waals surface area contributed by atoms with Crippen LogP contribution >= 0.6 is 11.3 Å². The zero-order valence-corrected chi connectivity index (χ0v) is 18.1. The number of carbonyl (C=O) groups excluding carboxylic acids is 2. The van der Waals surface area contributed by atoms with Crippen molar-refractivity contribution in [3.8, 4) is 6.07 Å². The van der Waals surface area contributed by atoms with Gasteiger partial charge in [0.15, 0.2) is 9.84 Å². The van der Waals surface area contributed by atoms with Crippen molar-refractivity contribution in [1.29, 1.82) is 5.26 Å². The molecule has 10 heteroatoms. The Morgan fingerprint density at radius 1 is 1.28 bits per heavy atom. The van der Waals surface area contributed by atoms with Gasteiger partial charge in [-0.25, -0.2) is 8.42 Å². The van der Waals surface area contributed by atoms with Crippen LogP contribution in [0.25, 0.3) is 0 Å². The van der Waals surface area contributed by atoms with Gasteiger partial charge in [0, 0.05) is 23.9 Å². The second-order valence-corrected chi connectivity index (χ2v) is 11.1. The Labute approximate surface area is 175 Å². The van der Waals surface area contributed by atoms with Crippen LogP contribution in [0, 0.1) is 11.3 Å². The monoisotopic (exact) mass is 438 g/mol. The van der Waals surface area contributed by atoms with Gasteiger partial charge in [-0.05, 0) is 44.7 Å². The molecule has 1 atom stereocenters. The summed E-state index contributed by atoms with van der Waals surface area (Å²) in [6, 6.07) is 1.91. The summed E-state index contributed by atoms with van der Waals surface area (Å²) in [5, 5.41) is 15.7. The highest BCUT2D eigenvalue weighted by Crippen LogP contribution is 2.37. The average Bonchev–Trinajstić information content (AvgIpc) is 3.18. The number of nitrogens with one attached hydrogen (secondary N) is 2. The van der Waals surface area contributed by atoms with E-state index in [4.69, 9.17) is 0 Å². The van der Waals surface area contributed by atoms with E-state index < -0.39 is 9.84 Å². The Hall–Kier alpha value is -1.96. The van der Waals surface area contributed by atoms with Crippen molar-refractivity contribution < 1.29 is 18.0 Å². The van der Waals surface area contributed by atoms with Gasteiger partial charge >= 0.3 is 0 Å². The minimum atomic E-state index is -3.03. The standard InChI is InChI=1S/C19H26N4O4S2/c1-23(11-18(25)21-13-7-9-29(26,27)12-13)8-6-17(24)22-19-15(10-20)14-4-2-3-5-16(14)28-19/h13H,2-9,11-12H2,1H3,(H,21,25)(H,22,24). The van der Waals surface area contributed by atoms with Crippen LogP contribution in [0.3, 0.4) is 0 Å². The Morgan fingerprint density at radius 3 is 2.72 bits per heavy atom.